The van der Waals surface area contributed by atoms with Crippen LogP contribution in [0.4, 0.5) is 15.8 Å². The van der Waals surface area contributed by atoms with Gasteiger partial charge in [0.2, 0.25) is 0 Å². The molecule has 4 nitrogen and oxygen atoms in total. The first kappa shape index (κ1) is 22.5. The van der Waals surface area contributed by atoms with Crippen LogP contribution in [-0.2, 0) is 15.0 Å². The highest BCUT2D eigenvalue weighted by Crippen LogP contribution is 2.35. The zero-order valence-corrected chi connectivity index (χ0v) is 19.5. The highest BCUT2D eigenvalue weighted by Gasteiger charge is 2.40. The SMILES string of the molecule is Cc1ccc(NC2=C(c3ccc(F)cc3)C(=O)N(c3ccc(C(C)(C)C)cc3)C2=O)c(C)c1. The third kappa shape index (κ3) is 4.31. The molecule has 0 aliphatic carbocycles. The van der Waals surface area contributed by atoms with Crippen molar-refractivity contribution in [1.29, 1.82) is 0 Å². The second-order valence-corrected chi connectivity index (χ2v) is 9.44. The van der Waals surface area contributed by atoms with Gasteiger partial charge < -0.3 is 5.32 Å². The minimum atomic E-state index is -0.442. The molecule has 0 saturated carbocycles. The molecule has 1 heterocycles. The molecule has 0 spiro atoms. The van der Waals surface area contributed by atoms with E-state index in [9.17, 15) is 14.0 Å². The van der Waals surface area contributed by atoms with Gasteiger partial charge in [0.05, 0.1) is 11.3 Å². The van der Waals surface area contributed by atoms with Crippen molar-refractivity contribution in [3.8, 4) is 0 Å². The minimum Gasteiger partial charge on any atom is -0.350 e. The lowest BCUT2D eigenvalue weighted by Crippen LogP contribution is -2.32. The summed E-state index contributed by atoms with van der Waals surface area (Å²) in [6.45, 7) is 10.3. The summed E-state index contributed by atoms with van der Waals surface area (Å²) in [4.78, 5) is 28.3. The topological polar surface area (TPSA) is 49.4 Å². The zero-order chi connectivity index (χ0) is 23.9. The number of carbonyl (C=O) groups excluding carboxylic acids is 2. The van der Waals surface area contributed by atoms with Crippen LogP contribution in [-0.4, -0.2) is 11.8 Å². The van der Waals surface area contributed by atoms with Gasteiger partial charge in [0.15, 0.2) is 0 Å². The van der Waals surface area contributed by atoms with Gasteiger partial charge in [0, 0.05) is 5.69 Å². The van der Waals surface area contributed by atoms with Gasteiger partial charge >= 0.3 is 0 Å². The van der Waals surface area contributed by atoms with E-state index in [2.05, 4.69) is 26.1 Å². The van der Waals surface area contributed by atoms with Gasteiger partial charge in [-0.25, -0.2) is 9.29 Å². The number of hydrogen-bond acceptors (Lipinski definition) is 3. The quantitative estimate of drug-likeness (QED) is 0.494. The van der Waals surface area contributed by atoms with Crippen LogP contribution in [0.2, 0.25) is 0 Å². The molecule has 0 saturated heterocycles. The first-order chi connectivity index (χ1) is 15.6. The highest BCUT2D eigenvalue weighted by atomic mass is 19.1. The van der Waals surface area contributed by atoms with E-state index in [4.69, 9.17) is 0 Å². The Morgan fingerprint density at radius 3 is 2.03 bits per heavy atom. The number of benzene rings is 3. The smallest absolute Gasteiger partial charge is 0.282 e. The first-order valence-corrected chi connectivity index (χ1v) is 10.9. The van der Waals surface area contributed by atoms with Gasteiger partial charge in [-0.3, -0.25) is 9.59 Å². The summed E-state index contributed by atoms with van der Waals surface area (Å²) in [7, 11) is 0. The van der Waals surface area contributed by atoms with E-state index in [-0.39, 0.29) is 16.7 Å². The first-order valence-electron chi connectivity index (χ1n) is 10.9. The Morgan fingerprint density at radius 2 is 1.45 bits per heavy atom. The van der Waals surface area contributed by atoms with Crippen LogP contribution >= 0.6 is 0 Å². The summed E-state index contributed by atoms with van der Waals surface area (Å²) in [5, 5.41) is 3.19. The van der Waals surface area contributed by atoms with Gasteiger partial charge in [-0.1, -0.05) is 62.7 Å². The van der Waals surface area contributed by atoms with Gasteiger partial charge in [0.1, 0.15) is 11.5 Å². The molecule has 1 N–H and O–H groups in total. The van der Waals surface area contributed by atoms with Crippen LogP contribution in [0.3, 0.4) is 0 Å². The van der Waals surface area contributed by atoms with Crippen molar-refractivity contribution in [3.63, 3.8) is 0 Å². The Bertz CT molecular complexity index is 1270. The molecule has 4 rings (SSSR count). The molecule has 0 fully saturated rings. The number of nitrogens with zero attached hydrogens (tertiary/aromatic N) is 1. The van der Waals surface area contributed by atoms with Crippen molar-refractivity contribution in [2.24, 2.45) is 0 Å². The molecule has 1 aliphatic rings. The fourth-order valence-corrected chi connectivity index (χ4v) is 3.96. The number of rotatable bonds is 4. The Labute approximate surface area is 193 Å². The van der Waals surface area contributed by atoms with E-state index < -0.39 is 17.6 Å². The number of hydrogen-bond donors (Lipinski definition) is 1. The third-order valence-corrected chi connectivity index (χ3v) is 5.85. The van der Waals surface area contributed by atoms with Crippen LogP contribution < -0.4 is 10.2 Å². The predicted octanol–water partition coefficient (Wildman–Crippen LogP) is 6.14. The Hall–Kier alpha value is -3.73. The van der Waals surface area contributed by atoms with E-state index in [0.717, 1.165) is 22.4 Å². The lowest BCUT2D eigenvalue weighted by Gasteiger charge is -2.21. The van der Waals surface area contributed by atoms with Crippen LogP contribution in [0.1, 0.15) is 43.0 Å². The number of anilines is 2. The molecule has 168 valence electrons. The minimum absolute atomic E-state index is 0.0508. The summed E-state index contributed by atoms with van der Waals surface area (Å²) in [5.41, 5.74) is 5.22. The predicted molar refractivity (Wildman–Crippen MR) is 130 cm³/mol. The highest BCUT2D eigenvalue weighted by molar-refractivity contribution is 6.46. The fourth-order valence-electron chi connectivity index (χ4n) is 3.96. The number of imide groups is 1. The molecule has 0 bridgehead atoms. The number of halogens is 1. The van der Waals surface area contributed by atoms with E-state index in [0.29, 0.717) is 11.3 Å². The molecule has 3 aromatic carbocycles. The largest absolute Gasteiger partial charge is 0.350 e. The van der Waals surface area contributed by atoms with Gasteiger partial charge in [-0.2, -0.15) is 0 Å². The maximum absolute atomic E-state index is 13.6. The zero-order valence-electron chi connectivity index (χ0n) is 19.5. The molecule has 0 atom stereocenters. The van der Waals surface area contributed by atoms with Crippen LogP contribution in [0.5, 0.6) is 0 Å². The standard InChI is InChI=1S/C28H27FN2O2/c1-17-6-15-23(18(2)16-17)30-25-24(19-7-11-21(29)12-8-19)26(32)31(27(25)33)22-13-9-20(10-14-22)28(3,4)5/h6-16,30H,1-5H3. The lowest BCUT2D eigenvalue weighted by molar-refractivity contribution is -0.120. The fraction of sp³-hybridized carbons (Fsp3) is 0.214. The normalized spacial score (nSPS) is 14.3. The van der Waals surface area contributed by atoms with Crippen LogP contribution in [0.25, 0.3) is 5.57 Å². The monoisotopic (exact) mass is 442 g/mol. The average Bonchev–Trinajstić information content (AvgIpc) is 2.99. The lowest BCUT2D eigenvalue weighted by atomic mass is 9.87. The van der Waals surface area contributed by atoms with Crippen molar-refractivity contribution in [2.45, 2.75) is 40.0 Å². The maximum Gasteiger partial charge on any atom is 0.282 e. The van der Waals surface area contributed by atoms with Gasteiger partial charge in [-0.15, -0.1) is 0 Å². The molecular formula is C28H27FN2O2. The van der Waals surface area contributed by atoms with Gasteiger partial charge in [-0.05, 0) is 66.3 Å². The molecule has 2 amide bonds. The van der Waals surface area contributed by atoms with Crippen molar-refractivity contribution >= 4 is 28.8 Å². The molecule has 5 heteroatoms. The number of amides is 2. The molecule has 1 aliphatic heterocycles. The Balaban J connectivity index is 1.79. The second-order valence-electron chi connectivity index (χ2n) is 9.44. The van der Waals surface area contributed by atoms with E-state index >= 15 is 0 Å². The Kier molecular flexibility index (Phi) is 5.66. The summed E-state index contributed by atoms with van der Waals surface area (Å²) in [6, 6.07) is 18.9. The van der Waals surface area contributed by atoms with E-state index in [1.54, 1.807) is 12.1 Å². The Morgan fingerprint density at radius 1 is 0.818 bits per heavy atom. The third-order valence-electron chi connectivity index (χ3n) is 5.85. The summed E-state index contributed by atoms with van der Waals surface area (Å²) in [6.07, 6.45) is 0. The molecular weight excluding hydrogens is 415 g/mol. The van der Waals surface area contributed by atoms with Gasteiger partial charge in [0.25, 0.3) is 11.8 Å². The summed E-state index contributed by atoms with van der Waals surface area (Å²) < 4.78 is 13.6. The molecule has 0 radical (unpaired) electrons. The summed E-state index contributed by atoms with van der Waals surface area (Å²) in [5.74, 6) is -1.29. The maximum atomic E-state index is 13.6. The van der Waals surface area contributed by atoms with Crippen LogP contribution in [0.15, 0.2) is 72.4 Å². The average molecular weight is 443 g/mol. The van der Waals surface area contributed by atoms with Crippen LogP contribution in [0, 0.1) is 19.7 Å². The van der Waals surface area contributed by atoms with E-state index in [1.807, 2.05) is 44.2 Å². The second kappa shape index (κ2) is 8.32. The molecule has 0 aromatic heterocycles. The van der Waals surface area contributed by atoms with E-state index in [1.165, 1.54) is 29.2 Å². The van der Waals surface area contributed by atoms with Crippen molar-refractivity contribution < 1.29 is 14.0 Å². The van der Waals surface area contributed by atoms with Crippen molar-refractivity contribution in [3.05, 3.63) is 100 Å². The number of aryl methyl sites for hydroxylation is 2. The van der Waals surface area contributed by atoms with Crippen molar-refractivity contribution in [1.82, 2.24) is 0 Å². The molecule has 33 heavy (non-hydrogen) atoms. The van der Waals surface area contributed by atoms with Crippen molar-refractivity contribution in [2.75, 3.05) is 10.2 Å². The number of nitrogens with one attached hydrogen (secondary N) is 1. The summed E-state index contributed by atoms with van der Waals surface area (Å²) >= 11 is 0. The molecule has 0 unspecified atom stereocenters. The number of carbonyl (C=O) groups is 2. The molecule has 3 aromatic rings.